The molecule has 164 valence electrons. The van der Waals surface area contributed by atoms with Gasteiger partial charge in [-0.3, -0.25) is 19.6 Å². The Morgan fingerprint density at radius 3 is 2.50 bits per heavy atom. The van der Waals surface area contributed by atoms with Crippen molar-refractivity contribution in [2.24, 2.45) is 0 Å². The molecule has 0 bridgehead atoms. The van der Waals surface area contributed by atoms with Gasteiger partial charge in [-0.05, 0) is 47.7 Å². The lowest BCUT2D eigenvalue weighted by Gasteiger charge is -2.48. The van der Waals surface area contributed by atoms with Gasteiger partial charge in [0.2, 0.25) is 0 Å². The lowest BCUT2D eigenvalue weighted by molar-refractivity contribution is -0.127. The van der Waals surface area contributed by atoms with E-state index in [9.17, 15) is 4.79 Å². The monoisotopic (exact) mass is 425 g/mol. The number of rotatable bonds is 4. The number of piperidine rings is 1. The summed E-state index contributed by atoms with van der Waals surface area (Å²) >= 11 is 0. The molecule has 2 aliphatic rings. The number of hydrogen-bond acceptors (Lipinski definition) is 4. The number of aromatic nitrogens is 1. The van der Waals surface area contributed by atoms with Gasteiger partial charge in [0.15, 0.2) is 0 Å². The minimum absolute atomic E-state index is 0.189. The summed E-state index contributed by atoms with van der Waals surface area (Å²) in [6.45, 7) is 8.17. The van der Waals surface area contributed by atoms with Gasteiger partial charge in [0.05, 0.1) is 0 Å². The van der Waals surface area contributed by atoms with E-state index in [0.717, 1.165) is 31.9 Å². The zero-order chi connectivity index (χ0) is 22.1. The third kappa shape index (κ3) is 4.25. The zero-order valence-electron chi connectivity index (χ0n) is 19.0. The molecule has 3 heterocycles. The second-order valence-corrected chi connectivity index (χ2v) is 9.27. The van der Waals surface area contributed by atoms with Crippen LogP contribution in [0.25, 0.3) is 11.1 Å². The van der Waals surface area contributed by atoms with Gasteiger partial charge in [0.1, 0.15) is 5.78 Å². The fraction of sp³-hybridized carbons (Fsp3) is 0.357. The molecular weight excluding hydrogens is 394 g/mol. The second kappa shape index (κ2) is 8.97. The van der Waals surface area contributed by atoms with Gasteiger partial charge in [-0.15, -0.1) is 0 Å². The number of nitrogens with zero attached hydrogens (tertiary/aromatic N) is 3. The van der Waals surface area contributed by atoms with Gasteiger partial charge < -0.3 is 0 Å². The van der Waals surface area contributed by atoms with Crippen molar-refractivity contribution in [1.29, 1.82) is 0 Å². The third-order valence-electron chi connectivity index (χ3n) is 7.21. The number of pyridine rings is 1. The van der Waals surface area contributed by atoms with Crippen molar-refractivity contribution in [2.45, 2.75) is 45.3 Å². The smallest absolute Gasteiger partial charge is 0.136 e. The van der Waals surface area contributed by atoms with Crippen LogP contribution in [0, 0.1) is 13.8 Å². The summed E-state index contributed by atoms with van der Waals surface area (Å²) in [6.07, 6.45) is 3.18. The van der Waals surface area contributed by atoms with Crippen LogP contribution < -0.4 is 0 Å². The Balaban J connectivity index is 1.33. The van der Waals surface area contributed by atoms with Crippen molar-refractivity contribution in [1.82, 2.24) is 14.8 Å². The number of benzene rings is 2. The summed E-state index contributed by atoms with van der Waals surface area (Å²) in [7, 11) is 0. The van der Waals surface area contributed by atoms with Crippen LogP contribution in [-0.2, 0) is 11.3 Å². The van der Waals surface area contributed by atoms with E-state index >= 15 is 0 Å². The van der Waals surface area contributed by atoms with Gasteiger partial charge in [0.25, 0.3) is 0 Å². The molecule has 1 aromatic heterocycles. The van der Waals surface area contributed by atoms with Crippen LogP contribution >= 0.6 is 0 Å². The highest BCUT2D eigenvalue weighted by molar-refractivity contribution is 5.81. The topological polar surface area (TPSA) is 36.4 Å². The lowest BCUT2D eigenvalue weighted by Crippen LogP contribution is -2.56. The number of hydrogen-bond donors (Lipinski definition) is 0. The van der Waals surface area contributed by atoms with Crippen LogP contribution in [0.5, 0.6) is 0 Å². The molecule has 4 heteroatoms. The van der Waals surface area contributed by atoms with Gasteiger partial charge in [0, 0.05) is 63.0 Å². The zero-order valence-corrected chi connectivity index (χ0v) is 19.0. The first-order valence-corrected chi connectivity index (χ1v) is 11.6. The van der Waals surface area contributed by atoms with Gasteiger partial charge in [-0.1, -0.05) is 54.6 Å². The lowest BCUT2D eigenvalue weighted by atomic mass is 9.87. The van der Waals surface area contributed by atoms with Gasteiger partial charge in [-0.25, -0.2) is 0 Å². The molecule has 3 aromatic rings. The molecular formula is C28H31N3O. The molecule has 0 amide bonds. The molecule has 0 spiro atoms. The molecule has 2 atom stereocenters. The van der Waals surface area contributed by atoms with Crippen molar-refractivity contribution in [3.8, 4) is 11.1 Å². The number of carbonyl (C=O) groups is 1. The van der Waals surface area contributed by atoms with Crippen LogP contribution in [-0.4, -0.2) is 46.2 Å². The van der Waals surface area contributed by atoms with Crippen molar-refractivity contribution >= 4 is 5.78 Å². The predicted octanol–water partition coefficient (Wildman–Crippen LogP) is 4.96. The molecule has 2 fully saturated rings. The predicted molar refractivity (Wildman–Crippen MR) is 128 cm³/mol. The van der Waals surface area contributed by atoms with E-state index in [1.54, 1.807) is 0 Å². The molecule has 5 rings (SSSR count). The van der Waals surface area contributed by atoms with Crippen LogP contribution in [0.15, 0.2) is 66.9 Å². The van der Waals surface area contributed by atoms with E-state index < -0.39 is 0 Å². The molecule has 2 aromatic carbocycles. The SMILES string of the molecule is Cc1nccc(-c2ccc([C@H]3CC(=O)C[C@H]4CN(Cc5ccccc5)CCN43)cc2)c1C. The number of aryl methyl sites for hydroxylation is 1. The maximum atomic E-state index is 12.7. The Labute approximate surface area is 190 Å². The minimum Gasteiger partial charge on any atom is -0.300 e. The number of piperazine rings is 1. The number of ketones is 1. The van der Waals surface area contributed by atoms with Crippen LogP contribution in [0.3, 0.4) is 0 Å². The normalized spacial score (nSPS) is 22.0. The molecule has 4 nitrogen and oxygen atoms in total. The van der Waals surface area contributed by atoms with E-state index in [2.05, 4.69) is 89.3 Å². The highest BCUT2D eigenvalue weighted by Crippen LogP contribution is 2.36. The number of carbonyl (C=O) groups excluding carboxylic acids is 1. The highest BCUT2D eigenvalue weighted by Gasteiger charge is 2.38. The van der Waals surface area contributed by atoms with Crippen LogP contribution in [0.2, 0.25) is 0 Å². The fourth-order valence-electron chi connectivity index (χ4n) is 5.34. The summed E-state index contributed by atoms with van der Waals surface area (Å²) in [4.78, 5) is 22.2. The van der Waals surface area contributed by atoms with Gasteiger partial charge >= 0.3 is 0 Å². The standard InChI is InChI=1S/C28H31N3O/c1-20-21(2)29-13-12-27(20)23-8-10-24(11-9-23)28-17-26(32)16-25-19-30(14-15-31(25)28)18-22-6-4-3-5-7-22/h3-13,25,28H,14-19H2,1-2H3/t25-,28+/m0/s1. The second-order valence-electron chi connectivity index (χ2n) is 9.27. The Hall–Kier alpha value is -2.82. The average molecular weight is 426 g/mol. The number of Topliss-reactive ketones (excluding diaryl/α,β-unsaturated/α-hetero) is 1. The highest BCUT2D eigenvalue weighted by atomic mass is 16.1. The minimum atomic E-state index is 0.189. The molecule has 0 unspecified atom stereocenters. The molecule has 2 aliphatic heterocycles. The maximum absolute atomic E-state index is 12.7. The van der Waals surface area contributed by atoms with E-state index in [0.29, 0.717) is 24.7 Å². The first kappa shape index (κ1) is 21.0. The van der Waals surface area contributed by atoms with E-state index in [4.69, 9.17) is 0 Å². The molecule has 2 saturated heterocycles. The summed E-state index contributed by atoms with van der Waals surface area (Å²) in [5.74, 6) is 0.391. The Kier molecular flexibility index (Phi) is 5.90. The average Bonchev–Trinajstić information content (AvgIpc) is 2.81. The molecule has 32 heavy (non-hydrogen) atoms. The molecule has 0 aliphatic carbocycles. The summed E-state index contributed by atoms with van der Waals surface area (Å²) in [5.41, 5.74) is 7.34. The summed E-state index contributed by atoms with van der Waals surface area (Å²) < 4.78 is 0. The van der Waals surface area contributed by atoms with E-state index in [1.807, 2.05) is 6.20 Å². The van der Waals surface area contributed by atoms with Crippen molar-refractivity contribution in [3.63, 3.8) is 0 Å². The summed E-state index contributed by atoms with van der Waals surface area (Å²) in [6, 6.07) is 22.1. The summed E-state index contributed by atoms with van der Waals surface area (Å²) in [5, 5.41) is 0. The fourth-order valence-corrected chi connectivity index (χ4v) is 5.34. The number of fused-ring (bicyclic) bond motifs is 1. The Morgan fingerprint density at radius 2 is 1.72 bits per heavy atom. The van der Waals surface area contributed by atoms with Crippen molar-refractivity contribution in [3.05, 3.63) is 89.2 Å². The van der Waals surface area contributed by atoms with E-state index in [-0.39, 0.29) is 6.04 Å². The largest absolute Gasteiger partial charge is 0.300 e. The first-order valence-electron chi connectivity index (χ1n) is 11.6. The Morgan fingerprint density at radius 1 is 0.938 bits per heavy atom. The molecule has 0 saturated carbocycles. The van der Waals surface area contributed by atoms with Gasteiger partial charge in [-0.2, -0.15) is 0 Å². The molecule has 0 radical (unpaired) electrons. The Bertz CT molecular complexity index is 1090. The van der Waals surface area contributed by atoms with Crippen molar-refractivity contribution < 1.29 is 4.79 Å². The third-order valence-corrected chi connectivity index (χ3v) is 7.21. The van der Waals surface area contributed by atoms with E-state index in [1.165, 1.54) is 27.8 Å². The van der Waals surface area contributed by atoms with Crippen LogP contribution in [0.4, 0.5) is 0 Å². The van der Waals surface area contributed by atoms with Crippen molar-refractivity contribution in [2.75, 3.05) is 19.6 Å². The first-order chi connectivity index (χ1) is 15.6. The quantitative estimate of drug-likeness (QED) is 0.592. The molecule has 0 N–H and O–H groups in total. The van der Waals surface area contributed by atoms with Crippen LogP contribution in [0.1, 0.15) is 41.3 Å². The maximum Gasteiger partial charge on any atom is 0.136 e.